The fourth-order valence-electron chi connectivity index (χ4n) is 4.13. The summed E-state index contributed by atoms with van der Waals surface area (Å²) in [4.78, 5) is 35.2. The highest BCUT2D eigenvalue weighted by Gasteiger charge is 2.33. The number of benzene rings is 3. The van der Waals surface area contributed by atoms with Gasteiger partial charge in [0, 0.05) is 5.69 Å². The number of carbonyl (C=O) groups is 2. The van der Waals surface area contributed by atoms with Crippen molar-refractivity contribution in [1.82, 2.24) is 14.8 Å². The molecule has 1 fully saturated rings. The number of rotatable bonds is 8. The van der Waals surface area contributed by atoms with Gasteiger partial charge in [-0.1, -0.05) is 36.0 Å². The van der Waals surface area contributed by atoms with Gasteiger partial charge in [-0.25, -0.2) is 14.5 Å². The van der Waals surface area contributed by atoms with Crippen LogP contribution in [0.4, 0.5) is 29.3 Å². The van der Waals surface area contributed by atoms with Gasteiger partial charge in [0.1, 0.15) is 17.8 Å². The lowest BCUT2D eigenvalue weighted by Crippen LogP contribution is -2.30. The van der Waals surface area contributed by atoms with Crippen LogP contribution in [0.1, 0.15) is 23.9 Å². The Morgan fingerprint density at radius 1 is 1.09 bits per heavy atom. The van der Waals surface area contributed by atoms with Gasteiger partial charge in [0.25, 0.3) is 0 Å². The quantitative estimate of drug-likeness (QED) is 0.233. The van der Waals surface area contributed by atoms with Crippen LogP contribution in [0.5, 0.6) is 11.5 Å². The molecule has 44 heavy (non-hydrogen) atoms. The van der Waals surface area contributed by atoms with E-state index >= 15 is 0 Å². The maximum atomic E-state index is 12.8. The minimum atomic E-state index is -4.76. The van der Waals surface area contributed by atoms with Gasteiger partial charge >= 0.3 is 12.4 Å². The number of hydrogen-bond donors (Lipinski definition) is 1. The molecule has 0 atom stereocenters. The lowest BCUT2D eigenvalue weighted by molar-refractivity contribution is -0.274. The third-order valence-corrected chi connectivity index (χ3v) is 6.97. The number of amidine groups is 1. The smallest absolute Gasteiger partial charge is 0.492 e. The molecule has 1 aliphatic heterocycles. The first-order valence-electron chi connectivity index (χ1n) is 13.2. The highest BCUT2D eigenvalue weighted by molar-refractivity contribution is 8.15. The number of urea groups is 1. The summed E-state index contributed by atoms with van der Waals surface area (Å²) in [5.41, 5.74) is 3.28. The Labute approximate surface area is 254 Å². The lowest BCUT2D eigenvalue weighted by atomic mass is 10.2. The maximum Gasteiger partial charge on any atom is 0.573 e. The first-order valence-corrected chi connectivity index (χ1v) is 14.2. The van der Waals surface area contributed by atoms with Gasteiger partial charge in [-0.15, -0.1) is 18.3 Å². The number of carbonyl (C=O) groups excluding carboxylic acids is 2. The fraction of sp³-hybridized carbons (Fsp3) is 0.167. The van der Waals surface area contributed by atoms with E-state index in [1.807, 2.05) is 26.0 Å². The van der Waals surface area contributed by atoms with Gasteiger partial charge in [0.2, 0.25) is 5.91 Å². The molecule has 3 amide bonds. The van der Waals surface area contributed by atoms with Crippen LogP contribution >= 0.6 is 11.8 Å². The van der Waals surface area contributed by atoms with Crippen molar-refractivity contribution in [1.29, 1.82) is 0 Å². The number of thioether (sulfide) groups is 1. The molecule has 10 nitrogen and oxygen atoms in total. The number of aryl methyl sites for hydroxylation is 1. The number of anilines is 2. The van der Waals surface area contributed by atoms with Crippen molar-refractivity contribution in [2.45, 2.75) is 20.2 Å². The van der Waals surface area contributed by atoms with Crippen LogP contribution in [0.15, 0.2) is 78.0 Å². The van der Waals surface area contributed by atoms with Gasteiger partial charge in [0.05, 0.1) is 23.7 Å². The van der Waals surface area contributed by atoms with Crippen molar-refractivity contribution in [2.75, 3.05) is 22.6 Å². The molecular formula is C30H25F3N6O4S. The standard InChI is InChI=1S/C30H25F3N6O4S/c1-3-42-25-14-4-19(2)16-24(25)39-27(40)17-44-29(39)36-28(41)35-21-8-5-20(6-9-21)7-15-26-34-18-38(37-26)22-10-12-23(13-11-22)43-30(31,32)33/h4-16,18H,3,17H2,1-2H3,(H,35,41)/b15-7+,36-29?. The average Bonchev–Trinajstić information content (AvgIpc) is 3.60. The number of halogens is 3. The maximum absolute atomic E-state index is 12.8. The van der Waals surface area contributed by atoms with Crippen molar-refractivity contribution >= 4 is 52.4 Å². The van der Waals surface area contributed by atoms with Crippen LogP contribution in [0, 0.1) is 6.92 Å². The third-order valence-electron chi connectivity index (χ3n) is 6.05. The summed E-state index contributed by atoms with van der Waals surface area (Å²) >= 11 is 1.18. The Morgan fingerprint density at radius 2 is 1.84 bits per heavy atom. The van der Waals surface area contributed by atoms with Crippen molar-refractivity contribution in [3.05, 3.63) is 90.0 Å². The molecule has 0 spiro atoms. The second kappa shape index (κ2) is 13.0. The van der Waals surface area contributed by atoms with E-state index in [-0.39, 0.29) is 22.6 Å². The zero-order valence-corrected chi connectivity index (χ0v) is 24.2. The van der Waals surface area contributed by atoms with Crippen molar-refractivity contribution in [3.8, 4) is 17.2 Å². The van der Waals surface area contributed by atoms with E-state index in [2.05, 4.69) is 25.1 Å². The highest BCUT2D eigenvalue weighted by atomic mass is 32.2. The van der Waals surface area contributed by atoms with Crippen molar-refractivity contribution < 1.29 is 32.2 Å². The summed E-state index contributed by atoms with van der Waals surface area (Å²) in [5, 5.41) is 7.28. The number of nitrogens with one attached hydrogen (secondary N) is 1. The Hall–Kier alpha value is -5.11. The van der Waals surface area contributed by atoms with Crippen LogP contribution in [-0.4, -0.2) is 50.6 Å². The van der Waals surface area contributed by atoms with E-state index in [1.54, 1.807) is 42.5 Å². The fourth-order valence-corrected chi connectivity index (χ4v) is 4.98. The number of alkyl halides is 3. The zero-order chi connectivity index (χ0) is 31.3. The van der Waals surface area contributed by atoms with Crippen LogP contribution in [0.2, 0.25) is 0 Å². The normalized spacial score (nSPS) is 14.4. The number of nitrogens with zero attached hydrogens (tertiary/aromatic N) is 5. The Balaban J connectivity index is 1.21. The molecule has 14 heteroatoms. The lowest BCUT2D eigenvalue weighted by Gasteiger charge is -2.20. The third kappa shape index (κ3) is 7.64. The molecule has 226 valence electrons. The number of amides is 3. The second-order valence-electron chi connectivity index (χ2n) is 9.29. The second-order valence-corrected chi connectivity index (χ2v) is 10.2. The van der Waals surface area contributed by atoms with Crippen molar-refractivity contribution in [3.63, 3.8) is 0 Å². The molecule has 4 aromatic rings. The molecule has 1 aliphatic rings. The monoisotopic (exact) mass is 622 g/mol. The van der Waals surface area contributed by atoms with Gasteiger partial charge < -0.3 is 14.8 Å². The molecule has 3 aromatic carbocycles. The molecule has 5 rings (SSSR count). The predicted molar refractivity (Wildman–Crippen MR) is 162 cm³/mol. The van der Waals surface area contributed by atoms with Crippen LogP contribution in [0.3, 0.4) is 0 Å². The highest BCUT2D eigenvalue weighted by Crippen LogP contribution is 2.35. The molecule has 2 heterocycles. The number of hydrogen-bond acceptors (Lipinski definition) is 7. The molecule has 0 radical (unpaired) electrons. The van der Waals surface area contributed by atoms with E-state index in [4.69, 9.17) is 4.74 Å². The van der Waals surface area contributed by atoms with E-state index in [9.17, 15) is 22.8 Å². The number of aliphatic imine (C=N–C) groups is 1. The summed E-state index contributed by atoms with van der Waals surface area (Å²) in [6.07, 6.45) is 0.108. The van der Waals surface area contributed by atoms with E-state index < -0.39 is 12.4 Å². The molecular weight excluding hydrogens is 597 g/mol. The summed E-state index contributed by atoms with van der Waals surface area (Å²) in [5.74, 6) is 0.533. The number of ether oxygens (including phenoxy) is 2. The van der Waals surface area contributed by atoms with Crippen molar-refractivity contribution in [2.24, 2.45) is 4.99 Å². The van der Waals surface area contributed by atoms with E-state index in [0.717, 1.165) is 11.1 Å². The topological polar surface area (TPSA) is 111 Å². The molecule has 0 aliphatic carbocycles. The Bertz CT molecular complexity index is 1720. The van der Waals surface area contributed by atoms with Gasteiger partial charge in [-0.2, -0.15) is 4.99 Å². The molecule has 1 N–H and O–H groups in total. The average molecular weight is 623 g/mol. The Kier molecular flexibility index (Phi) is 8.99. The predicted octanol–water partition coefficient (Wildman–Crippen LogP) is 6.71. The minimum Gasteiger partial charge on any atom is -0.492 e. The van der Waals surface area contributed by atoms with E-state index in [1.165, 1.54) is 51.9 Å². The first kappa shape index (κ1) is 30.4. The molecule has 0 unspecified atom stereocenters. The summed E-state index contributed by atoms with van der Waals surface area (Å²) in [6.45, 7) is 4.18. The minimum absolute atomic E-state index is 0.156. The largest absolute Gasteiger partial charge is 0.573 e. The number of aromatic nitrogens is 3. The van der Waals surface area contributed by atoms with Gasteiger partial charge in [0.15, 0.2) is 11.0 Å². The van der Waals surface area contributed by atoms with Gasteiger partial charge in [-0.3, -0.25) is 9.69 Å². The first-order chi connectivity index (χ1) is 21.1. The summed E-state index contributed by atoms with van der Waals surface area (Å²) < 4.78 is 48.1. The summed E-state index contributed by atoms with van der Waals surface area (Å²) in [7, 11) is 0. The Morgan fingerprint density at radius 3 is 2.55 bits per heavy atom. The van der Waals surface area contributed by atoms with Gasteiger partial charge in [-0.05, 0) is 79.6 Å². The van der Waals surface area contributed by atoms with Crippen LogP contribution < -0.4 is 19.7 Å². The molecule has 0 saturated carbocycles. The molecule has 0 bridgehead atoms. The SMILES string of the molecule is CCOc1ccc(C)cc1N1C(=O)CSC1=NC(=O)Nc1ccc(/C=C/c2ncn(-c3ccc(OC(F)(F)F)cc3)n2)cc1. The van der Waals surface area contributed by atoms with Crippen LogP contribution in [-0.2, 0) is 4.79 Å². The zero-order valence-electron chi connectivity index (χ0n) is 23.4. The van der Waals surface area contributed by atoms with Crippen LogP contribution in [0.25, 0.3) is 17.8 Å². The molecule has 1 aromatic heterocycles. The summed E-state index contributed by atoms with van der Waals surface area (Å²) in [6, 6.07) is 17.1. The van der Waals surface area contributed by atoms with E-state index in [0.29, 0.717) is 35.2 Å². The molecule has 1 saturated heterocycles.